The second-order valence-corrected chi connectivity index (χ2v) is 6.96. The standard InChI is InChI=1S/C14H21Br2NO2/c1-5-18-9-19-13-11(15)6-10(7-12(13)16)8-17-14(2,3)4/h6-7,17H,5,8-9H2,1-4H3. The van der Waals surface area contributed by atoms with Crippen LogP contribution in [0.2, 0.25) is 0 Å². The Morgan fingerprint density at radius 3 is 2.21 bits per heavy atom. The number of rotatable bonds is 6. The summed E-state index contributed by atoms with van der Waals surface area (Å²) in [5.41, 5.74) is 1.29. The van der Waals surface area contributed by atoms with Gasteiger partial charge in [0.15, 0.2) is 12.5 Å². The molecular weight excluding hydrogens is 374 g/mol. The lowest BCUT2D eigenvalue weighted by Gasteiger charge is -2.21. The van der Waals surface area contributed by atoms with Crippen molar-refractivity contribution >= 4 is 31.9 Å². The molecule has 0 saturated heterocycles. The number of hydrogen-bond acceptors (Lipinski definition) is 3. The number of benzene rings is 1. The summed E-state index contributed by atoms with van der Waals surface area (Å²) in [5, 5.41) is 3.46. The zero-order valence-electron chi connectivity index (χ0n) is 11.8. The van der Waals surface area contributed by atoms with Gasteiger partial charge in [-0.15, -0.1) is 0 Å². The summed E-state index contributed by atoms with van der Waals surface area (Å²) in [6.07, 6.45) is 0. The second-order valence-electron chi connectivity index (χ2n) is 5.25. The summed E-state index contributed by atoms with van der Waals surface area (Å²) in [7, 11) is 0. The molecule has 0 spiro atoms. The van der Waals surface area contributed by atoms with E-state index in [9.17, 15) is 0 Å². The van der Waals surface area contributed by atoms with Crippen molar-refractivity contribution in [3.05, 3.63) is 26.6 Å². The molecule has 3 nitrogen and oxygen atoms in total. The highest BCUT2D eigenvalue weighted by molar-refractivity contribution is 9.11. The van der Waals surface area contributed by atoms with Gasteiger partial charge in [0.1, 0.15) is 0 Å². The van der Waals surface area contributed by atoms with Gasteiger partial charge in [0.2, 0.25) is 0 Å². The van der Waals surface area contributed by atoms with E-state index in [-0.39, 0.29) is 12.3 Å². The van der Waals surface area contributed by atoms with Gasteiger partial charge in [0.05, 0.1) is 8.95 Å². The van der Waals surface area contributed by atoms with Crippen molar-refractivity contribution in [3.63, 3.8) is 0 Å². The van der Waals surface area contributed by atoms with Crippen molar-refractivity contribution < 1.29 is 9.47 Å². The number of halogens is 2. The lowest BCUT2D eigenvalue weighted by Crippen LogP contribution is -2.35. The van der Waals surface area contributed by atoms with Gasteiger partial charge in [-0.05, 0) is 77.3 Å². The first-order chi connectivity index (χ1) is 8.83. The maximum Gasteiger partial charge on any atom is 0.189 e. The van der Waals surface area contributed by atoms with E-state index in [0.29, 0.717) is 6.61 Å². The van der Waals surface area contributed by atoms with Gasteiger partial charge in [-0.25, -0.2) is 0 Å². The Bertz CT molecular complexity index is 393. The van der Waals surface area contributed by atoms with Crippen LogP contribution >= 0.6 is 31.9 Å². The highest BCUT2D eigenvalue weighted by Crippen LogP contribution is 2.34. The predicted molar refractivity (Wildman–Crippen MR) is 85.6 cm³/mol. The van der Waals surface area contributed by atoms with Gasteiger partial charge < -0.3 is 14.8 Å². The van der Waals surface area contributed by atoms with E-state index in [1.807, 2.05) is 6.92 Å². The molecule has 0 aliphatic heterocycles. The van der Waals surface area contributed by atoms with Gasteiger partial charge in [0.25, 0.3) is 0 Å². The monoisotopic (exact) mass is 393 g/mol. The molecule has 108 valence electrons. The van der Waals surface area contributed by atoms with Crippen LogP contribution in [0.3, 0.4) is 0 Å². The third kappa shape index (κ3) is 6.25. The van der Waals surface area contributed by atoms with E-state index >= 15 is 0 Å². The van der Waals surface area contributed by atoms with Crippen LogP contribution in [0.4, 0.5) is 0 Å². The molecule has 1 rings (SSSR count). The third-order valence-electron chi connectivity index (χ3n) is 2.37. The van der Waals surface area contributed by atoms with Gasteiger partial charge in [-0.2, -0.15) is 0 Å². The van der Waals surface area contributed by atoms with Crippen molar-refractivity contribution in [1.29, 1.82) is 0 Å². The fourth-order valence-electron chi connectivity index (χ4n) is 1.40. The maximum atomic E-state index is 5.57. The van der Waals surface area contributed by atoms with Crippen molar-refractivity contribution in [2.45, 2.75) is 39.8 Å². The van der Waals surface area contributed by atoms with Crippen molar-refractivity contribution in [3.8, 4) is 5.75 Å². The Labute approximate surface area is 132 Å². The zero-order valence-corrected chi connectivity index (χ0v) is 15.0. The molecule has 5 heteroatoms. The van der Waals surface area contributed by atoms with E-state index in [2.05, 4.69) is 70.1 Å². The van der Waals surface area contributed by atoms with Crippen LogP contribution < -0.4 is 10.1 Å². The zero-order chi connectivity index (χ0) is 14.5. The van der Waals surface area contributed by atoms with E-state index in [1.54, 1.807) is 0 Å². The Kier molecular flexibility index (Phi) is 6.80. The van der Waals surface area contributed by atoms with Gasteiger partial charge in [-0.3, -0.25) is 0 Å². The SMILES string of the molecule is CCOCOc1c(Br)cc(CNC(C)(C)C)cc1Br. The fraction of sp³-hybridized carbons (Fsp3) is 0.571. The molecular formula is C14H21Br2NO2. The average Bonchev–Trinajstić information content (AvgIpc) is 2.29. The molecule has 1 N–H and O–H groups in total. The molecule has 0 bridgehead atoms. The molecule has 0 aromatic heterocycles. The first-order valence-electron chi connectivity index (χ1n) is 6.27. The summed E-state index contributed by atoms with van der Waals surface area (Å²) in [6.45, 7) is 10.1. The van der Waals surface area contributed by atoms with E-state index in [0.717, 1.165) is 21.2 Å². The molecule has 0 saturated carbocycles. The van der Waals surface area contributed by atoms with Gasteiger partial charge in [0, 0.05) is 18.7 Å². The Morgan fingerprint density at radius 1 is 1.16 bits per heavy atom. The topological polar surface area (TPSA) is 30.5 Å². The normalized spacial score (nSPS) is 11.7. The predicted octanol–water partition coefficient (Wildman–Crippen LogP) is 4.47. The van der Waals surface area contributed by atoms with Crippen molar-refractivity contribution in [2.24, 2.45) is 0 Å². The molecule has 0 aliphatic carbocycles. The molecule has 0 radical (unpaired) electrons. The Balaban J connectivity index is 2.73. The second kappa shape index (κ2) is 7.62. The highest BCUT2D eigenvalue weighted by Gasteiger charge is 2.12. The molecule has 0 unspecified atom stereocenters. The summed E-state index contributed by atoms with van der Waals surface area (Å²) < 4.78 is 12.6. The minimum Gasteiger partial charge on any atom is -0.465 e. The van der Waals surface area contributed by atoms with Gasteiger partial charge >= 0.3 is 0 Å². The molecule has 1 aromatic carbocycles. The molecule has 1 aromatic rings. The largest absolute Gasteiger partial charge is 0.465 e. The molecule has 0 amide bonds. The van der Waals surface area contributed by atoms with E-state index in [1.165, 1.54) is 5.56 Å². The maximum absolute atomic E-state index is 5.57. The van der Waals surface area contributed by atoms with Gasteiger partial charge in [-0.1, -0.05) is 0 Å². The van der Waals surface area contributed by atoms with Crippen molar-refractivity contribution in [1.82, 2.24) is 5.32 Å². The Morgan fingerprint density at radius 2 is 1.74 bits per heavy atom. The molecule has 0 fully saturated rings. The number of hydrogen-bond donors (Lipinski definition) is 1. The van der Waals surface area contributed by atoms with Crippen LogP contribution in [0, 0.1) is 0 Å². The minimum absolute atomic E-state index is 0.100. The molecule has 0 heterocycles. The molecule has 19 heavy (non-hydrogen) atoms. The molecule has 0 aliphatic rings. The number of ether oxygens (including phenoxy) is 2. The minimum atomic E-state index is 0.100. The van der Waals surface area contributed by atoms with Crippen LogP contribution in [0.5, 0.6) is 5.75 Å². The highest BCUT2D eigenvalue weighted by atomic mass is 79.9. The Hall–Kier alpha value is -0.100. The lowest BCUT2D eigenvalue weighted by atomic mass is 10.1. The summed E-state index contributed by atoms with van der Waals surface area (Å²) >= 11 is 7.06. The van der Waals surface area contributed by atoms with Crippen LogP contribution in [0.15, 0.2) is 21.1 Å². The average molecular weight is 395 g/mol. The van der Waals surface area contributed by atoms with Crippen LogP contribution in [-0.2, 0) is 11.3 Å². The number of nitrogens with one attached hydrogen (secondary N) is 1. The van der Waals surface area contributed by atoms with Crippen LogP contribution in [0.1, 0.15) is 33.3 Å². The fourth-order valence-corrected chi connectivity index (χ4v) is 2.91. The van der Waals surface area contributed by atoms with Crippen LogP contribution in [0.25, 0.3) is 0 Å². The lowest BCUT2D eigenvalue weighted by molar-refractivity contribution is 0.0215. The first-order valence-corrected chi connectivity index (χ1v) is 7.85. The smallest absolute Gasteiger partial charge is 0.189 e. The summed E-state index contributed by atoms with van der Waals surface area (Å²) in [5.74, 6) is 0.771. The first kappa shape index (κ1) is 17.0. The third-order valence-corrected chi connectivity index (χ3v) is 3.55. The van der Waals surface area contributed by atoms with E-state index < -0.39 is 0 Å². The quantitative estimate of drug-likeness (QED) is 0.570. The molecule has 0 atom stereocenters. The summed E-state index contributed by atoms with van der Waals surface area (Å²) in [4.78, 5) is 0. The van der Waals surface area contributed by atoms with Crippen molar-refractivity contribution in [2.75, 3.05) is 13.4 Å². The van der Waals surface area contributed by atoms with Crippen LogP contribution in [-0.4, -0.2) is 18.9 Å². The van der Waals surface area contributed by atoms with E-state index in [4.69, 9.17) is 9.47 Å². The summed E-state index contributed by atoms with van der Waals surface area (Å²) in [6, 6.07) is 4.12.